The molecular weight excluding hydrogens is 236 g/mol. The summed E-state index contributed by atoms with van der Waals surface area (Å²) in [6, 6.07) is -0.340. The minimum atomic E-state index is -0.813. The van der Waals surface area contributed by atoms with Gasteiger partial charge in [0, 0.05) is 12.7 Å². The van der Waals surface area contributed by atoms with Crippen LogP contribution >= 0.6 is 0 Å². The average Bonchev–Trinajstić information content (AvgIpc) is 2.74. The molecule has 1 aromatic heterocycles. The molecule has 2 amide bonds. The van der Waals surface area contributed by atoms with E-state index in [-0.39, 0.29) is 17.9 Å². The van der Waals surface area contributed by atoms with Crippen molar-refractivity contribution in [1.82, 2.24) is 15.5 Å². The Bertz CT molecular complexity index is 426. The number of nitrogens with zero attached hydrogens (tertiary/aromatic N) is 1. The molecule has 0 unspecified atom stereocenters. The molecular formula is C11H16N4O3. The zero-order chi connectivity index (χ0) is 13.0. The van der Waals surface area contributed by atoms with Crippen LogP contribution in [0.1, 0.15) is 25.7 Å². The van der Waals surface area contributed by atoms with E-state index in [1.165, 1.54) is 6.20 Å². The van der Waals surface area contributed by atoms with E-state index in [0.717, 1.165) is 19.3 Å². The number of carboxylic acids is 1. The number of hydrogen-bond donors (Lipinski definition) is 4. The molecule has 1 heterocycles. The van der Waals surface area contributed by atoms with Crippen LogP contribution in [0.25, 0.3) is 0 Å². The molecule has 7 nitrogen and oxygen atoms in total. The number of rotatable bonds is 5. The molecule has 2 rings (SSSR count). The number of nitrogens with one attached hydrogen (secondary N) is 3. The lowest BCUT2D eigenvalue weighted by Crippen LogP contribution is -2.44. The van der Waals surface area contributed by atoms with Gasteiger partial charge >= 0.3 is 12.0 Å². The number of carbonyl (C=O) groups is 2. The standard InChI is InChI=1S/C11H16N4O3/c16-9(17)4-11(2-1-3-11)7-12-10(18)15-8-5-13-14-6-8/h5-6H,1-4,7H2,(H,13,14)(H,16,17)(H2,12,15,18). The summed E-state index contributed by atoms with van der Waals surface area (Å²) in [4.78, 5) is 22.3. The number of urea groups is 1. The number of aliphatic carboxylic acids is 1. The molecule has 0 aromatic carbocycles. The summed E-state index contributed by atoms with van der Waals surface area (Å²) in [6.45, 7) is 0.392. The molecule has 0 spiro atoms. The molecule has 1 aliphatic carbocycles. The van der Waals surface area contributed by atoms with Gasteiger partial charge in [-0.05, 0) is 18.3 Å². The lowest BCUT2D eigenvalue weighted by molar-refractivity contribution is -0.141. The summed E-state index contributed by atoms with van der Waals surface area (Å²) >= 11 is 0. The highest BCUT2D eigenvalue weighted by molar-refractivity contribution is 5.88. The van der Waals surface area contributed by atoms with Gasteiger partial charge in [-0.3, -0.25) is 9.89 Å². The smallest absolute Gasteiger partial charge is 0.319 e. The number of hydrogen-bond acceptors (Lipinski definition) is 3. The fourth-order valence-corrected chi connectivity index (χ4v) is 2.18. The van der Waals surface area contributed by atoms with Crippen molar-refractivity contribution in [2.75, 3.05) is 11.9 Å². The van der Waals surface area contributed by atoms with Crippen molar-refractivity contribution >= 4 is 17.7 Å². The third kappa shape index (κ3) is 2.99. The molecule has 18 heavy (non-hydrogen) atoms. The maximum Gasteiger partial charge on any atom is 0.319 e. The van der Waals surface area contributed by atoms with Gasteiger partial charge in [0.15, 0.2) is 0 Å². The van der Waals surface area contributed by atoms with Crippen molar-refractivity contribution in [3.8, 4) is 0 Å². The van der Waals surface area contributed by atoms with E-state index in [9.17, 15) is 9.59 Å². The maximum absolute atomic E-state index is 11.6. The third-order valence-electron chi connectivity index (χ3n) is 3.32. The number of anilines is 1. The van der Waals surface area contributed by atoms with Crippen molar-refractivity contribution in [1.29, 1.82) is 0 Å². The summed E-state index contributed by atoms with van der Waals surface area (Å²) in [5, 5.41) is 20.5. The summed E-state index contributed by atoms with van der Waals surface area (Å²) in [5.74, 6) is -0.813. The van der Waals surface area contributed by atoms with E-state index in [0.29, 0.717) is 12.2 Å². The second-order valence-electron chi connectivity index (χ2n) is 4.72. The molecule has 98 valence electrons. The normalized spacial score (nSPS) is 16.7. The molecule has 1 aliphatic rings. The quantitative estimate of drug-likeness (QED) is 0.631. The van der Waals surface area contributed by atoms with Crippen molar-refractivity contribution in [2.45, 2.75) is 25.7 Å². The first-order chi connectivity index (χ1) is 8.60. The van der Waals surface area contributed by atoms with Gasteiger partial charge in [-0.1, -0.05) is 6.42 Å². The monoisotopic (exact) mass is 252 g/mol. The van der Waals surface area contributed by atoms with Crippen LogP contribution in [-0.2, 0) is 4.79 Å². The van der Waals surface area contributed by atoms with Gasteiger partial charge in [0.05, 0.1) is 18.3 Å². The van der Waals surface area contributed by atoms with E-state index in [1.54, 1.807) is 6.20 Å². The Morgan fingerprint density at radius 1 is 1.50 bits per heavy atom. The van der Waals surface area contributed by atoms with Crippen LogP contribution in [0.15, 0.2) is 12.4 Å². The number of carboxylic acid groups (broad SMARTS) is 1. The second kappa shape index (κ2) is 5.07. The zero-order valence-corrected chi connectivity index (χ0v) is 9.90. The SMILES string of the molecule is O=C(O)CC1(CNC(=O)Nc2cn[nH]c2)CCC1. The first-order valence-corrected chi connectivity index (χ1v) is 5.85. The molecule has 0 atom stereocenters. The van der Waals surface area contributed by atoms with Crippen LogP contribution in [0.2, 0.25) is 0 Å². The average molecular weight is 252 g/mol. The van der Waals surface area contributed by atoms with Crippen LogP contribution in [0.3, 0.4) is 0 Å². The molecule has 0 saturated heterocycles. The fourth-order valence-electron chi connectivity index (χ4n) is 2.18. The van der Waals surface area contributed by atoms with Gasteiger partial charge in [0.1, 0.15) is 0 Å². The van der Waals surface area contributed by atoms with Crippen molar-refractivity contribution in [3.05, 3.63) is 12.4 Å². The summed E-state index contributed by atoms with van der Waals surface area (Å²) in [6.07, 6.45) is 5.90. The Balaban J connectivity index is 1.79. The minimum absolute atomic E-state index is 0.110. The number of H-pyrrole nitrogens is 1. The van der Waals surface area contributed by atoms with Crippen LogP contribution in [0.4, 0.5) is 10.5 Å². The van der Waals surface area contributed by atoms with Gasteiger partial charge in [-0.25, -0.2) is 4.79 Å². The molecule has 1 fully saturated rings. The predicted molar refractivity (Wildman–Crippen MR) is 64.1 cm³/mol. The van der Waals surface area contributed by atoms with Gasteiger partial charge in [-0.15, -0.1) is 0 Å². The van der Waals surface area contributed by atoms with Crippen LogP contribution < -0.4 is 10.6 Å². The van der Waals surface area contributed by atoms with Crippen molar-refractivity contribution in [2.24, 2.45) is 5.41 Å². The Morgan fingerprint density at radius 2 is 2.28 bits per heavy atom. The highest BCUT2D eigenvalue weighted by Crippen LogP contribution is 2.43. The fraction of sp³-hybridized carbons (Fsp3) is 0.545. The highest BCUT2D eigenvalue weighted by Gasteiger charge is 2.39. The van der Waals surface area contributed by atoms with E-state index >= 15 is 0 Å². The molecule has 1 aromatic rings. The number of carbonyl (C=O) groups excluding carboxylic acids is 1. The summed E-state index contributed by atoms with van der Waals surface area (Å²) in [5.41, 5.74) is 0.313. The van der Waals surface area contributed by atoms with E-state index in [4.69, 9.17) is 5.11 Å². The molecule has 1 saturated carbocycles. The molecule has 0 aliphatic heterocycles. The van der Waals surface area contributed by atoms with E-state index in [1.807, 2.05) is 0 Å². The lowest BCUT2D eigenvalue weighted by Gasteiger charge is -2.40. The molecule has 0 radical (unpaired) electrons. The summed E-state index contributed by atoms with van der Waals surface area (Å²) in [7, 11) is 0. The van der Waals surface area contributed by atoms with Crippen LogP contribution in [0, 0.1) is 5.41 Å². The number of aromatic amines is 1. The Morgan fingerprint density at radius 3 is 2.78 bits per heavy atom. The molecule has 0 bridgehead atoms. The predicted octanol–water partition coefficient (Wildman–Crippen LogP) is 1.18. The van der Waals surface area contributed by atoms with E-state index < -0.39 is 5.97 Å². The minimum Gasteiger partial charge on any atom is -0.481 e. The summed E-state index contributed by atoms with van der Waals surface area (Å²) < 4.78 is 0. The van der Waals surface area contributed by atoms with Crippen molar-refractivity contribution < 1.29 is 14.7 Å². The topological polar surface area (TPSA) is 107 Å². The first-order valence-electron chi connectivity index (χ1n) is 5.85. The van der Waals surface area contributed by atoms with Gasteiger partial charge in [0.25, 0.3) is 0 Å². The molecule has 4 N–H and O–H groups in total. The number of aromatic nitrogens is 2. The van der Waals surface area contributed by atoms with Gasteiger partial charge in [0.2, 0.25) is 0 Å². The Kier molecular flexibility index (Phi) is 3.50. The second-order valence-corrected chi connectivity index (χ2v) is 4.72. The zero-order valence-electron chi connectivity index (χ0n) is 9.90. The highest BCUT2D eigenvalue weighted by atomic mass is 16.4. The lowest BCUT2D eigenvalue weighted by atomic mass is 9.66. The van der Waals surface area contributed by atoms with Gasteiger partial charge < -0.3 is 15.7 Å². The first kappa shape index (κ1) is 12.4. The third-order valence-corrected chi connectivity index (χ3v) is 3.32. The van der Waals surface area contributed by atoms with Crippen LogP contribution in [-0.4, -0.2) is 33.8 Å². The van der Waals surface area contributed by atoms with Crippen molar-refractivity contribution in [3.63, 3.8) is 0 Å². The van der Waals surface area contributed by atoms with E-state index in [2.05, 4.69) is 20.8 Å². The maximum atomic E-state index is 11.6. The Hall–Kier alpha value is -2.05. The largest absolute Gasteiger partial charge is 0.481 e. The van der Waals surface area contributed by atoms with Crippen LogP contribution in [0.5, 0.6) is 0 Å². The van der Waals surface area contributed by atoms with Gasteiger partial charge in [-0.2, -0.15) is 5.10 Å². The number of amides is 2. The molecule has 7 heteroatoms. The Labute approximate surface area is 104 Å².